The molecule has 1 aliphatic heterocycles. The molecule has 2 aromatic rings. The molecule has 0 radical (unpaired) electrons. The van der Waals surface area contributed by atoms with E-state index < -0.39 is 15.5 Å². The molecule has 0 aromatic heterocycles. The van der Waals surface area contributed by atoms with Gasteiger partial charge in [0.25, 0.3) is 0 Å². The van der Waals surface area contributed by atoms with Crippen molar-refractivity contribution in [2.45, 2.75) is 11.7 Å². The predicted octanol–water partition coefficient (Wildman–Crippen LogP) is 2.76. The maximum absolute atomic E-state index is 13.2. The second-order valence-corrected chi connectivity index (χ2v) is 6.81. The Morgan fingerprint density at radius 1 is 1.00 bits per heavy atom. The molecule has 1 saturated heterocycles. The number of anilines is 1. The molecule has 4 nitrogen and oxygen atoms in total. The normalized spacial score (nSPS) is 18.7. The summed E-state index contributed by atoms with van der Waals surface area (Å²) in [7, 11) is -4.72. The summed E-state index contributed by atoms with van der Waals surface area (Å²) in [4.78, 5) is 13.5. The molecular weight excluding hydrogens is 305 g/mol. The smallest absolute Gasteiger partial charge is 0.307 e. The first-order valence-corrected chi connectivity index (χ1v) is 8.30. The molecule has 114 valence electrons. The first-order chi connectivity index (χ1) is 10.5. The van der Waals surface area contributed by atoms with E-state index in [1.165, 1.54) is 4.90 Å². The molecule has 1 heterocycles. The van der Waals surface area contributed by atoms with Gasteiger partial charge in [-0.1, -0.05) is 48.5 Å². The lowest BCUT2D eigenvalue weighted by Crippen LogP contribution is -2.27. The van der Waals surface area contributed by atoms with Crippen molar-refractivity contribution in [2.75, 3.05) is 11.4 Å². The van der Waals surface area contributed by atoms with Crippen LogP contribution in [-0.2, 0) is 15.0 Å². The van der Waals surface area contributed by atoms with Crippen molar-refractivity contribution >= 4 is 21.8 Å². The molecule has 3 rings (SSSR count). The standard InChI is InChI=1S/C16H14FNO3S/c17-22(20,21)13-10-16(19)18(11-13)15-9-5-4-8-14(15)12-6-2-1-3-7-12/h1-9,13H,10-11H2. The number of hydrogen-bond donors (Lipinski definition) is 0. The van der Waals surface area contributed by atoms with Gasteiger partial charge in [-0.3, -0.25) is 4.79 Å². The van der Waals surface area contributed by atoms with Crippen molar-refractivity contribution in [1.82, 2.24) is 0 Å². The maximum Gasteiger partial charge on any atom is 0.307 e. The number of hydrogen-bond acceptors (Lipinski definition) is 3. The zero-order chi connectivity index (χ0) is 15.7. The average molecular weight is 319 g/mol. The van der Waals surface area contributed by atoms with Crippen LogP contribution in [0.25, 0.3) is 11.1 Å². The summed E-state index contributed by atoms with van der Waals surface area (Å²) in [5.41, 5.74) is 2.33. The van der Waals surface area contributed by atoms with Gasteiger partial charge < -0.3 is 4.90 Å². The van der Waals surface area contributed by atoms with Crippen LogP contribution in [0.2, 0.25) is 0 Å². The lowest BCUT2D eigenvalue weighted by Gasteiger charge is -2.20. The summed E-state index contributed by atoms with van der Waals surface area (Å²) in [6.45, 7) is -0.151. The Morgan fingerprint density at radius 2 is 1.64 bits per heavy atom. The Hall–Kier alpha value is -2.21. The molecule has 1 fully saturated rings. The first-order valence-electron chi connectivity index (χ1n) is 6.85. The van der Waals surface area contributed by atoms with E-state index in [1.807, 2.05) is 42.5 Å². The minimum absolute atomic E-state index is 0.151. The van der Waals surface area contributed by atoms with E-state index in [2.05, 4.69) is 0 Å². The van der Waals surface area contributed by atoms with E-state index in [9.17, 15) is 17.1 Å². The molecule has 6 heteroatoms. The molecule has 0 bridgehead atoms. The fourth-order valence-corrected chi connectivity index (χ4v) is 3.34. The van der Waals surface area contributed by atoms with Gasteiger partial charge in [0, 0.05) is 18.5 Å². The van der Waals surface area contributed by atoms with Crippen molar-refractivity contribution < 1.29 is 17.1 Å². The first kappa shape index (κ1) is 14.7. The van der Waals surface area contributed by atoms with E-state index in [4.69, 9.17) is 0 Å². The summed E-state index contributed by atoms with van der Waals surface area (Å²) in [6, 6.07) is 16.7. The molecule has 22 heavy (non-hydrogen) atoms. The zero-order valence-electron chi connectivity index (χ0n) is 11.6. The third-order valence-corrected chi connectivity index (χ3v) is 4.88. The number of benzene rings is 2. The highest BCUT2D eigenvalue weighted by atomic mass is 32.3. The number of amides is 1. The Balaban J connectivity index is 2.02. The van der Waals surface area contributed by atoms with Gasteiger partial charge in [-0.05, 0) is 11.6 Å². The molecule has 1 unspecified atom stereocenters. The van der Waals surface area contributed by atoms with Crippen LogP contribution in [0.15, 0.2) is 54.6 Å². The van der Waals surface area contributed by atoms with E-state index in [-0.39, 0.29) is 18.9 Å². The number of carbonyl (C=O) groups is 1. The largest absolute Gasteiger partial charge is 0.310 e. The molecule has 0 N–H and O–H groups in total. The molecule has 1 amide bonds. The van der Waals surface area contributed by atoms with Gasteiger partial charge in [0.15, 0.2) is 0 Å². The van der Waals surface area contributed by atoms with Gasteiger partial charge >= 0.3 is 10.2 Å². The van der Waals surface area contributed by atoms with Crippen molar-refractivity contribution in [2.24, 2.45) is 0 Å². The van der Waals surface area contributed by atoms with Crippen LogP contribution in [0.4, 0.5) is 9.57 Å². The van der Waals surface area contributed by atoms with Crippen LogP contribution in [0, 0.1) is 0 Å². The fraction of sp³-hybridized carbons (Fsp3) is 0.188. The van der Waals surface area contributed by atoms with Gasteiger partial charge in [0.1, 0.15) is 5.25 Å². The third-order valence-electron chi connectivity index (χ3n) is 3.77. The Labute approximate surface area is 128 Å². The highest BCUT2D eigenvalue weighted by Crippen LogP contribution is 2.34. The van der Waals surface area contributed by atoms with E-state index in [0.29, 0.717) is 5.69 Å². The third kappa shape index (κ3) is 2.74. The highest BCUT2D eigenvalue weighted by molar-refractivity contribution is 7.87. The number of rotatable bonds is 3. The molecule has 2 aromatic carbocycles. The summed E-state index contributed by atoms with van der Waals surface area (Å²) < 4.78 is 35.3. The fourth-order valence-electron chi connectivity index (χ4n) is 2.67. The van der Waals surface area contributed by atoms with Gasteiger partial charge in [-0.15, -0.1) is 3.89 Å². The van der Waals surface area contributed by atoms with Gasteiger partial charge in [0.05, 0.1) is 5.69 Å². The SMILES string of the molecule is O=C1CC(S(=O)(=O)F)CN1c1ccccc1-c1ccccc1. The van der Waals surface area contributed by atoms with Gasteiger partial charge in [0.2, 0.25) is 5.91 Å². The summed E-state index contributed by atoms with van der Waals surface area (Å²) in [5.74, 6) is -0.380. The van der Waals surface area contributed by atoms with Crippen LogP contribution in [0.5, 0.6) is 0 Å². The van der Waals surface area contributed by atoms with Gasteiger partial charge in [-0.2, -0.15) is 8.42 Å². The number of carbonyl (C=O) groups excluding carboxylic acids is 1. The molecule has 1 aliphatic rings. The van der Waals surface area contributed by atoms with Crippen molar-refractivity contribution in [3.63, 3.8) is 0 Å². The highest BCUT2D eigenvalue weighted by Gasteiger charge is 2.39. The number of para-hydroxylation sites is 1. The van der Waals surface area contributed by atoms with E-state index >= 15 is 0 Å². The lowest BCUT2D eigenvalue weighted by atomic mass is 10.0. The zero-order valence-corrected chi connectivity index (χ0v) is 12.5. The number of nitrogens with zero attached hydrogens (tertiary/aromatic N) is 1. The van der Waals surface area contributed by atoms with Crippen LogP contribution >= 0.6 is 0 Å². The van der Waals surface area contributed by atoms with Crippen molar-refractivity contribution in [3.05, 3.63) is 54.6 Å². The topological polar surface area (TPSA) is 54.5 Å². The Kier molecular flexibility index (Phi) is 3.70. The molecule has 1 atom stereocenters. The average Bonchev–Trinajstić information content (AvgIpc) is 2.90. The molecular formula is C16H14FNO3S. The van der Waals surface area contributed by atoms with Gasteiger partial charge in [-0.25, -0.2) is 0 Å². The van der Waals surface area contributed by atoms with Crippen LogP contribution in [0.3, 0.4) is 0 Å². The minimum atomic E-state index is -4.72. The Morgan fingerprint density at radius 3 is 2.27 bits per heavy atom. The number of halogens is 1. The monoisotopic (exact) mass is 319 g/mol. The maximum atomic E-state index is 13.2. The molecule has 0 saturated carbocycles. The van der Waals surface area contributed by atoms with Crippen molar-refractivity contribution in [1.29, 1.82) is 0 Å². The summed E-state index contributed by atoms with van der Waals surface area (Å²) in [6.07, 6.45) is -0.318. The van der Waals surface area contributed by atoms with Crippen LogP contribution in [0.1, 0.15) is 6.42 Å². The van der Waals surface area contributed by atoms with E-state index in [1.54, 1.807) is 12.1 Å². The van der Waals surface area contributed by atoms with E-state index in [0.717, 1.165) is 11.1 Å². The summed E-state index contributed by atoms with van der Waals surface area (Å²) >= 11 is 0. The predicted molar refractivity (Wildman–Crippen MR) is 82.7 cm³/mol. The lowest BCUT2D eigenvalue weighted by molar-refractivity contribution is -0.117. The Bertz CT molecular complexity index is 805. The minimum Gasteiger partial charge on any atom is -0.310 e. The van der Waals surface area contributed by atoms with Crippen LogP contribution < -0.4 is 4.90 Å². The second kappa shape index (κ2) is 5.53. The van der Waals surface area contributed by atoms with Crippen LogP contribution in [-0.4, -0.2) is 26.1 Å². The van der Waals surface area contributed by atoms with Crippen molar-refractivity contribution in [3.8, 4) is 11.1 Å². The summed E-state index contributed by atoms with van der Waals surface area (Å²) in [5, 5.41) is -1.29. The quantitative estimate of drug-likeness (QED) is 0.818. The molecule has 0 spiro atoms. The second-order valence-electron chi connectivity index (χ2n) is 5.19. The molecule has 0 aliphatic carbocycles.